The fourth-order valence-electron chi connectivity index (χ4n) is 3.43. The van der Waals surface area contributed by atoms with Gasteiger partial charge in [-0.25, -0.2) is 4.79 Å². The summed E-state index contributed by atoms with van der Waals surface area (Å²) < 4.78 is 0. The highest BCUT2D eigenvalue weighted by atomic mass is 16.2. The van der Waals surface area contributed by atoms with E-state index in [9.17, 15) is 14.4 Å². The third kappa shape index (κ3) is 2.77. The highest BCUT2D eigenvalue weighted by molar-refractivity contribution is 6.09. The molecule has 0 radical (unpaired) electrons. The fourth-order valence-corrected chi connectivity index (χ4v) is 3.43. The number of rotatable bonds is 4. The Labute approximate surface area is 141 Å². The fraction of sp³-hybridized carbons (Fsp3) is 0.500. The lowest BCUT2D eigenvalue weighted by Crippen LogP contribution is -2.44. The lowest BCUT2D eigenvalue weighted by molar-refractivity contribution is -0.135. The number of hydrogen-bond acceptors (Lipinski definition) is 3. The topological polar surface area (TPSA) is 78.5 Å². The Morgan fingerprint density at radius 2 is 2.00 bits per heavy atom. The van der Waals surface area contributed by atoms with Crippen molar-refractivity contribution in [3.8, 4) is 0 Å². The SMILES string of the molecule is CC(C)NC(=O)CN1C(=O)N[C@@](C)(c2ccc3c(c2)CCC3)C1=O. The quantitative estimate of drug-likeness (QED) is 0.821. The molecule has 0 bridgehead atoms. The largest absolute Gasteiger partial charge is 0.352 e. The van der Waals surface area contributed by atoms with E-state index < -0.39 is 11.6 Å². The van der Waals surface area contributed by atoms with Crippen LogP contribution in [0.15, 0.2) is 18.2 Å². The van der Waals surface area contributed by atoms with Gasteiger partial charge in [0.15, 0.2) is 0 Å². The Morgan fingerprint density at radius 3 is 2.71 bits per heavy atom. The molecule has 0 saturated carbocycles. The molecule has 2 N–H and O–H groups in total. The van der Waals surface area contributed by atoms with Crippen LogP contribution in [0.25, 0.3) is 0 Å². The van der Waals surface area contributed by atoms with Crippen molar-refractivity contribution in [2.24, 2.45) is 0 Å². The molecule has 0 aromatic heterocycles. The first-order valence-electron chi connectivity index (χ1n) is 8.37. The second-order valence-corrected chi connectivity index (χ2v) is 7.01. The summed E-state index contributed by atoms with van der Waals surface area (Å²) >= 11 is 0. The van der Waals surface area contributed by atoms with Crippen molar-refractivity contribution in [3.63, 3.8) is 0 Å². The van der Waals surface area contributed by atoms with Gasteiger partial charge in [-0.1, -0.05) is 18.2 Å². The molecule has 1 fully saturated rings. The summed E-state index contributed by atoms with van der Waals surface area (Å²) in [5.74, 6) is -0.726. The molecule has 1 atom stereocenters. The van der Waals surface area contributed by atoms with Crippen LogP contribution < -0.4 is 10.6 Å². The maximum atomic E-state index is 12.8. The van der Waals surface area contributed by atoms with Crippen LogP contribution in [0.2, 0.25) is 0 Å². The molecule has 1 aliphatic heterocycles. The number of benzene rings is 1. The van der Waals surface area contributed by atoms with Gasteiger partial charge in [-0.2, -0.15) is 0 Å². The van der Waals surface area contributed by atoms with Gasteiger partial charge in [0, 0.05) is 6.04 Å². The van der Waals surface area contributed by atoms with Crippen molar-refractivity contribution in [3.05, 3.63) is 34.9 Å². The molecule has 4 amide bonds. The zero-order chi connectivity index (χ0) is 17.5. The van der Waals surface area contributed by atoms with E-state index in [4.69, 9.17) is 0 Å². The molecule has 1 aliphatic carbocycles. The van der Waals surface area contributed by atoms with Crippen molar-refractivity contribution in [2.45, 2.75) is 51.6 Å². The number of urea groups is 1. The Hall–Kier alpha value is -2.37. The predicted molar refractivity (Wildman–Crippen MR) is 89.3 cm³/mol. The number of carbonyl (C=O) groups excluding carboxylic acids is 3. The average molecular weight is 329 g/mol. The lowest BCUT2D eigenvalue weighted by Gasteiger charge is -2.23. The molecule has 0 unspecified atom stereocenters. The number of imide groups is 1. The summed E-state index contributed by atoms with van der Waals surface area (Å²) in [6.07, 6.45) is 3.19. The summed E-state index contributed by atoms with van der Waals surface area (Å²) in [7, 11) is 0. The van der Waals surface area contributed by atoms with E-state index in [0.717, 1.165) is 29.7 Å². The second kappa shape index (κ2) is 5.92. The number of hydrogen-bond donors (Lipinski definition) is 2. The maximum Gasteiger partial charge on any atom is 0.325 e. The van der Waals surface area contributed by atoms with Crippen molar-refractivity contribution in [1.29, 1.82) is 0 Å². The molecular weight excluding hydrogens is 306 g/mol. The second-order valence-electron chi connectivity index (χ2n) is 7.01. The molecule has 1 heterocycles. The first-order chi connectivity index (χ1) is 11.3. The third-order valence-electron chi connectivity index (χ3n) is 4.70. The van der Waals surface area contributed by atoms with Crippen molar-refractivity contribution < 1.29 is 14.4 Å². The number of amides is 4. The number of nitrogens with zero attached hydrogens (tertiary/aromatic N) is 1. The van der Waals surface area contributed by atoms with E-state index in [2.05, 4.69) is 10.6 Å². The zero-order valence-electron chi connectivity index (χ0n) is 14.3. The Bertz CT molecular complexity index is 713. The average Bonchev–Trinajstić information content (AvgIpc) is 3.05. The van der Waals surface area contributed by atoms with Crippen LogP contribution in [-0.4, -0.2) is 35.3 Å². The van der Waals surface area contributed by atoms with Gasteiger partial charge in [0.25, 0.3) is 5.91 Å². The monoisotopic (exact) mass is 329 g/mol. The standard InChI is InChI=1S/C18H23N3O3/c1-11(2)19-15(22)10-21-16(23)18(3,20-17(21)24)14-8-7-12-5-4-6-13(12)9-14/h7-9,11H,4-6,10H2,1-3H3,(H,19,22)(H,20,24)/t18-/m0/s1. The molecule has 1 saturated heterocycles. The van der Waals surface area contributed by atoms with Crippen LogP contribution in [-0.2, 0) is 28.0 Å². The first-order valence-corrected chi connectivity index (χ1v) is 8.37. The molecular formula is C18H23N3O3. The highest BCUT2D eigenvalue weighted by Crippen LogP contribution is 2.32. The molecule has 1 aromatic carbocycles. The molecule has 0 spiro atoms. The molecule has 24 heavy (non-hydrogen) atoms. The van der Waals surface area contributed by atoms with Crippen molar-refractivity contribution >= 4 is 17.8 Å². The van der Waals surface area contributed by atoms with Crippen molar-refractivity contribution in [2.75, 3.05) is 6.54 Å². The van der Waals surface area contributed by atoms with Crippen LogP contribution in [0.4, 0.5) is 4.79 Å². The number of carbonyl (C=O) groups is 3. The van der Waals surface area contributed by atoms with Gasteiger partial charge in [-0.15, -0.1) is 0 Å². The van der Waals surface area contributed by atoms with Gasteiger partial charge >= 0.3 is 6.03 Å². The molecule has 128 valence electrons. The van der Waals surface area contributed by atoms with Gasteiger partial charge in [0.1, 0.15) is 12.1 Å². The Balaban J connectivity index is 1.83. The number of nitrogens with one attached hydrogen (secondary N) is 2. The van der Waals surface area contributed by atoms with Gasteiger partial charge in [0.05, 0.1) is 0 Å². The van der Waals surface area contributed by atoms with Crippen LogP contribution in [0, 0.1) is 0 Å². The van der Waals surface area contributed by atoms with Crippen LogP contribution in [0.5, 0.6) is 0 Å². The normalized spacial score (nSPS) is 22.8. The minimum atomic E-state index is -1.12. The first kappa shape index (κ1) is 16.5. The van der Waals surface area contributed by atoms with Gasteiger partial charge in [-0.3, -0.25) is 14.5 Å². The third-order valence-corrected chi connectivity index (χ3v) is 4.70. The number of aryl methyl sites for hydroxylation is 2. The van der Waals surface area contributed by atoms with Gasteiger partial charge in [0.2, 0.25) is 5.91 Å². The Kier molecular flexibility index (Phi) is 4.07. The molecule has 2 aliphatic rings. The Morgan fingerprint density at radius 1 is 1.29 bits per heavy atom. The van der Waals surface area contributed by atoms with Gasteiger partial charge in [-0.05, 0) is 56.7 Å². The molecule has 6 nitrogen and oxygen atoms in total. The minimum Gasteiger partial charge on any atom is -0.352 e. The number of fused-ring (bicyclic) bond motifs is 1. The van der Waals surface area contributed by atoms with Crippen LogP contribution >= 0.6 is 0 Å². The summed E-state index contributed by atoms with van der Waals surface area (Å²) in [6, 6.07) is 5.39. The van der Waals surface area contributed by atoms with E-state index in [0.29, 0.717) is 0 Å². The van der Waals surface area contributed by atoms with Crippen LogP contribution in [0.1, 0.15) is 43.9 Å². The summed E-state index contributed by atoms with van der Waals surface area (Å²) in [4.78, 5) is 38.0. The summed E-state index contributed by atoms with van der Waals surface area (Å²) in [5.41, 5.74) is 2.21. The highest BCUT2D eigenvalue weighted by Gasteiger charge is 2.49. The van der Waals surface area contributed by atoms with Crippen molar-refractivity contribution in [1.82, 2.24) is 15.5 Å². The molecule has 6 heteroatoms. The summed E-state index contributed by atoms with van der Waals surface area (Å²) in [5, 5.41) is 5.45. The predicted octanol–water partition coefficient (Wildman–Crippen LogP) is 1.47. The zero-order valence-corrected chi connectivity index (χ0v) is 14.3. The van der Waals surface area contributed by atoms with Crippen LogP contribution in [0.3, 0.4) is 0 Å². The minimum absolute atomic E-state index is 0.0404. The van der Waals surface area contributed by atoms with E-state index in [1.54, 1.807) is 6.92 Å². The molecule has 3 rings (SSSR count). The van der Waals surface area contributed by atoms with E-state index in [1.807, 2.05) is 32.0 Å². The van der Waals surface area contributed by atoms with E-state index >= 15 is 0 Å². The smallest absolute Gasteiger partial charge is 0.325 e. The van der Waals surface area contributed by atoms with E-state index in [-0.39, 0.29) is 24.4 Å². The lowest BCUT2D eigenvalue weighted by atomic mass is 9.89. The van der Waals surface area contributed by atoms with E-state index in [1.165, 1.54) is 11.1 Å². The maximum absolute atomic E-state index is 12.8. The van der Waals surface area contributed by atoms with Gasteiger partial charge < -0.3 is 10.6 Å². The summed E-state index contributed by atoms with van der Waals surface area (Å²) in [6.45, 7) is 5.10. The molecule has 1 aromatic rings.